The number of carbonyl (C=O) groups excluding carboxylic acids is 2. The molecule has 126 valence electrons. The molecular weight excluding hydrogens is 347 g/mol. The maximum Gasteiger partial charge on any atom is 0.226 e. The third kappa shape index (κ3) is 6.22. The van der Waals surface area contributed by atoms with Crippen molar-refractivity contribution in [2.24, 2.45) is 0 Å². The summed E-state index contributed by atoms with van der Waals surface area (Å²) in [5.74, 6) is -0.532. The summed E-state index contributed by atoms with van der Waals surface area (Å²) >= 11 is 11.7. The van der Waals surface area contributed by atoms with Crippen LogP contribution in [0.15, 0.2) is 60.7 Å². The van der Waals surface area contributed by atoms with Gasteiger partial charge in [-0.1, -0.05) is 60.7 Å². The van der Waals surface area contributed by atoms with Crippen molar-refractivity contribution < 1.29 is 9.59 Å². The molecular formula is C18H18Cl2N2O2. The lowest BCUT2D eigenvalue weighted by molar-refractivity contribution is -0.123. The van der Waals surface area contributed by atoms with E-state index < -0.39 is 11.0 Å². The zero-order chi connectivity index (χ0) is 17.4. The zero-order valence-electron chi connectivity index (χ0n) is 12.9. The monoisotopic (exact) mass is 364 g/mol. The zero-order valence-corrected chi connectivity index (χ0v) is 14.4. The van der Waals surface area contributed by atoms with Crippen LogP contribution in [-0.2, 0) is 22.4 Å². The SMILES string of the molecule is O=C(Cc1ccccc1)NC(NC(=O)Cc1ccccc1)C(Cl)Cl. The van der Waals surface area contributed by atoms with E-state index in [-0.39, 0.29) is 24.7 Å². The molecule has 0 aliphatic carbocycles. The maximum atomic E-state index is 12.1. The molecule has 0 aromatic heterocycles. The third-order valence-corrected chi connectivity index (χ3v) is 3.80. The highest BCUT2D eigenvalue weighted by atomic mass is 35.5. The Balaban J connectivity index is 1.89. The molecule has 0 aliphatic heterocycles. The van der Waals surface area contributed by atoms with Crippen LogP contribution >= 0.6 is 23.2 Å². The Labute approximate surface area is 151 Å². The average Bonchev–Trinajstić information content (AvgIpc) is 2.56. The van der Waals surface area contributed by atoms with Gasteiger partial charge in [0.1, 0.15) is 11.0 Å². The van der Waals surface area contributed by atoms with Crippen molar-refractivity contribution >= 4 is 35.0 Å². The van der Waals surface area contributed by atoms with E-state index in [4.69, 9.17) is 23.2 Å². The first-order valence-corrected chi connectivity index (χ1v) is 8.36. The van der Waals surface area contributed by atoms with Crippen molar-refractivity contribution in [3.63, 3.8) is 0 Å². The number of amides is 2. The number of carbonyl (C=O) groups is 2. The van der Waals surface area contributed by atoms with E-state index in [0.717, 1.165) is 11.1 Å². The molecule has 4 nitrogen and oxygen atoms in total. The summed E-state index contributed by atoms with van der Waals surface area (Å²) in [6, 6.07) is 18.6. The van der Waals surface area contributed by atoms with Gasteiger partial charge in [-0.2, -0.15) is 0 Å². The number of benzene rings is 2. The Morgan fingerprint density at radius 2 is 1.12 bits per heavy atom. The van der Waals surface area contributed by atoms with Gasteiger partial charge in [-0.3, -0.25) is 9.59 Å². The summed E-state index contributed by atoms with van der Waals surface area (Å²) in [5.41, 5.74) is 1.73. The van der Waals surface area contributed by atoms with Gasteiger partial charge >= 0.3 is 0 Å². The van der Waals surface area contributed by atoms with Crippen LogP contribution in [0.5, 0.6) is 0 Å². The number of nitrogens with one attached hydrogen (secondary N) is 2. The fraction of sp³-hybridized carbons (Fsp3) is 0.222. The van der Waals surface area contributed by atoms with Gasteiger partial charge in [0.2, 0.25) is 11.8 Å². The van der Waals surface area contributed by atoms with Crippen molar-refractivity contribution in [1.82, 2.24) is 10.6 Å². The molecule has 0 bridgehead atoms. The highest BCUT2D eigenvalue weighted by Crippen LogP contribution is 2.08. The molecule has 0 saturated carbocycles. The Morgan fingerprint density at radius 3 is 1.46 bits per heavy atom. The molecule has 0 unspecified atom stereocenters. The van der Waals surface area contributed by atoms with Crippen LogP contribution < -0.4 is 10.6 Å². The molecule has 2 amide bonds. The summed E-state index contributed by atoms with van der Waals surface area (Å²) < 4.78 is 0. The number of alkyl halides is 2. The van der Waals surface area contributed by atoms with Crippen LogP contribution in [0.4, 0.5) is 0 Å². The van der Waals surface area contributed by atoms with Crippen molar-refractivity contribution in [2.45, 2.75) is 23.8 Å². The molecule has 2 rings (SSSR count). The van der Waals surface area contributed by atoms with E-state index in [1.54, 1.807) is 0 Å². The van der Waals surface area contributed by atoms with Crippen LogP contribution in [0.1, 0.15) is 11.1 Å². The van der Waals surface area contributed by atoms with E-state index >= 15 is 0 Å². The summed E-state index contributed by atoms with van der Waals surface area (Å²) in [6.07, 6.45) is -0.473. The molecule has 0 spiro atoms. The van der Waals surface area contributed by atoms with Crippen LogP contribution in [0, 0.1) is 0 Å². The lowest BCUT2D eigenvalue weighted by atomic mass is 10.1. The predicted molar refractivity (Wildman–Crippen MR) is 95.9 cm³/mol. The van der Waals surface area contributed by atoms with Gasteiger partial charge in [-0.25, -0.2) is 0 Å². The van der Waals surface area contributed by atoms with Crippen molar-refractivity contribution in [1.29, 1.82) is 0 Å². The smallest absolute Gasteiger partial charge is 0.226 e. The van der Waals surface area contributed by atoms with E-state index in [1.165, 1.54) is 0 Å². The molecule has 6 heteroatoms. The van der Waals surface area contributed by atoms with Crippen molar-refractivity contribution in [3.8, 4) is 0 Å². The topological polar surface area (TPSA) is 58.2 Å². The summed E-state index contributed by atoms with van der Waals surface area (Å²) in [6.45, 7) is 0. The second-order valence-corrected chi connectivity index (χ2v) is 6.44. The molecule has 24 heavy (non-hydrogen) atoms. The Bertz CT molecular complexity index is 608. The van der Waals surface area contributed by atoms with Gasteiger partial charge < -0.3 is 10.6 Å². The fourth-order valence-electron chi connectivity index (χ4n) is 2.17. The maximum absolute atomic E-state index is 12.1. The second-order valence-electron chi connectivity index (χ2n) is 5.27. The Morgan fingerprint density at radius 1 is 0.750 bits per heavy atom. The normalized spacial score (nSPS) is 10.7. The Hall–Kier alpha value is -2.04. The lowest BCUT2D eigenvalue weighted by Gasteiger charge is -2.21. The molecule has 0 fully saturated rings. The summed E-state index contributed by atoms with van der Waals surface area (Å²) in [4.78, 5) is 23.2. The van der Waals surface area contributed by atoms with Crippen molar-refractivity contribution in [2.75, 3.05) is 0 Å². The van der Waals surface area contributed by atoms with Gasteiger partial charge in [0, 0.05) is 0 Å². The fourth-order valence-corrected chi connectivity index (χ4v) is 2.43. The second kappa shape index (κ2) is 9.30. The number of hydrogen-bond donors (Lipinski definition) is 2. The number of rotatable bonds is 7. The number of halogens is 2. The average molecular weight is 365 g/mol. The molecule has 0 aliphatic rings. The van der Waals surface area contributed by atoms with E-state index in [0.29, 0.717) is 0 Å². The first-order valence-electron chi connectivity index (χ1n) is 7.49. The van der Waals surface area contributed by atoms with E-state index in [1.807, 2.05) is 60.7 Å². The first-order chi connectivity index (χ1) is 11.5. The molecule has 0 saturated heterocycles. The highest BCUT2D eigenvalue weighted by Gasteiger charge is 2.21. The quantitative estimate of drug-likeness (QED) is 0.586. The number of hydrogen-bond acceptors (Lipinski definition) is 2. The molecule has 2 aromatic rings. The van der Waals surface area contributed by atoms with Gasteiger partial charge in [-0.15, -0.1) is 23.2 Å². The molecule has 2 aromatic carbocycles. The van der Waals surface area contributed by atoms with Gasteiger partial charge in [0.25, 0.3) is 0 Å². The highest BCUT2D eigenvalue weighted by molar-refractivity contribution is 6.44. The van der Waals surface area contributed by atoms with Crippen LogP contribution in [-0.4, -0.2) is 22.8 Å². The predicted octanol–water partition coefficient (Wildman–Crippen LogP) is 2.83. The Kier molecular flexibility index (Phi) is 7.09. The largest absolute Gasteiger partial charge is 0.333 e. The van der Waals surface area contributed by atoms with Crippen molar-refractivity contribution in [3.05, 3.63) is 71.8 Å². The summed E-state index contributed by atoms with van der Waals surface area (Å²) in [5, 5.41) is 5.29. The lowest BCUT2D eigenvalue weighted by Crippen LogP contribution is -2.52. The molecule has 0 radical (unpaired) electrons. The first kappa shape index (κ1) is 18.3. The van der Waals surface area contributed by atoms with Crippen LogP contribution in [0.3, 0.4) is 0 Å². The van der Waals surface area contributed by atoms with E-state index in [9.17, 15) is 9.59 Å². The minimum absolute atomic E-state index is 0.187. The minimum atomic E-state index is -0.954. The molecule has 2 N–H and O–H groups in total. The van der Waals surface area contributed by atoms with Gasteiger partial charge in [0.15, 0.2) is 0 Å². The molecule has 0 heterocycles. The van der Waals surface area contributed by atoms with Gasteiger partial charge in [0.05, 0.1) is 12.8 Å². The third-order valence-electron chi connectivity index (χ3n) is 3.30. The van der Waals surface area contributed by atoms with Crippen LogP contribution in [0.25, 0.3) is 0 Å². The molecule has 0 atom stereocenters. The van der Waals surface area contributed by atoms with Gasteiger partial charge in [-0.05, 0) is 11.1 Å². The minimum Gasteiger partial charge on any atom is -0.333 e. The van der Waals surface area contributed by atoms with E-state index in [2.05, 4.69) is 10.6 Å². The van der Waals surface area contributed by atoms with Crippen LogP contribution in [0.2, 0.25) is 0 Å². The summed E-state index contributed by atoms with van der Waals surface area (Å²) in [7, 11) is 0. The standard InChI is InChI=1S/C18H18Cl2N2O2/c19-17(20)18(21-15(23)11-13-7-3-1-4-8-13)22-16(24)12-14-9-5-2-6-10-14/h1-10,17-18H,11-12H2,(H,21,23)(H,22,24).